The van der Waals surface area contributed by atoms with Crippen molar-refractivity contribution < 1.29 is 10.2 Å². The van der Waals surface area contributed by atoms with E-state index >= 15 is 0 Å². The van der Waals surface area contributed by atoms with Gasteiger partial charge in [0.2, 0.25) is 0 Å². The highest BCUT2D eigenvalue weighted by Crippen LogP contribution is 2.40. The molecule has 0 heterocycles. The maximum absolute atomic E-state index is 11.1. The van der Waals surface area contributed by atoms with Crippen LogP contribution in [0, 0.1) is 13.8 Å². The molecule has 0 aliphatic heterocycles. The number of phenols is 2. The van der Waals surface area contributed by atoms with Gasteiger partial charge in [0.25, 0.3) is 0 Å². The Morgan fingerprint density at radius 2 is 0.972 bits per heavy atom. The van der Waals surface area contributed by atoms with E-state index in [2.05, 4.69) is 62.0 Å². The van der Waals surface area contributed by atoms with Crippen LogP contribution in [0.15, 0.2) is 24.3 Å². The molecule has 2 aromatic rings. The number of hydrogen-bond acceptors (Lipinski definition) is 4. The molecular formula is C32H48N2O2. The van der Waals surface area contributed by atoms with Crippen molar-refractivity contribution in [2.24, 2.45) is 0 Å². The molecule has 0 spiro atoms. The number of likely N-dealkylation sites (N-methyl/N-ethyl adjacent to an activating group) is 2. The quantitative estimate of drug-likeness (QED) is 0.383. The summed E-state index contributed by atoms with van der Waals surface area (Å²) >= 11 is 0. The lowest BCUT2D eigenvalue weighted by Gasteiger charge is -2.27. The zero-order valence-corrected chi connectivity index (χ0v) is 23.2. The first-order chi connectivity index (χ1) is 17.3. The number of rotatable bonds is 9. The molecule has 0 radical (unpaired) electrons. The molecule has 4 nitrogen and oxygen atoms in total. The average molecular weight is 493 g/mol. The van der Waals surface area contributed by atoms with Crippen LogP contribution in [0.25, 0.3) is 0 Å². The van der Waals surface area contributed by atoms with Gasteiger partial charge in [0.05, 0.1) is 0 Å². The molecule has 4 rings (SSSR count). The second kappa shape index (κ2) is 12.5. The van der Waals surface area contributed by atoms with Gasteiger partial charge in [-0.2, -0.15) is 0 Å². The molecule has 2 N–H and O–H groups in total. The molecule has 0 bridgehead atoms. The zero-order valence-electron chi connectivity index (χ0n) is 23.2. The first-order valence-corrected chi connectivity index (χ1v) is 14.3. The lowest BCUT2D eigenvalue weighted by Crippen LogP contribution is -2.30. The summed E-state index contributed by atoms with van der Waals surface area (Å²) in [6, 6.07) is 8.72. The Labute approximate surface area is 219 Å². The van der Waals surface area contributed by atoms with Gasteiger partial charge in [0, 0.05) is 37.3 Å². The van der Waals surface area contributed by atoms with Crippen LogP contribution in [0.3, 0.4) is 0 Å². The third-order valence-electron chi connectivity index (χ3n) is 8.56. The van der Waals surface area contributed by atoms with E-state index in [1.165, 1.54) is 86.5 Å². The van der Waals surface area contributed by atoms with E-state index < -0.39 is 0 Å². The molecule has 36 heavy (non-hydrogen) atoms. The fraction of sp³-hybridized carbons (Fsp3) is 0.625. The largest absolute Gasteiger partial charge is 0.507 e. The van der Waals surface area contributed by atoms with Crippen molar-refractivity contribution in [2.45, 2.75) is 103 Å². The van der Waals surface area contributed by atoms with Crippen molar-refractivity contribution in [1.82, 2.24) is 9.80 Å². The van der Waals surface area contributed by atoms with Crippen LogP contribution in [-0.2, 0) is 13.1 Å². The highest BCUT2D eigenvalue weighted by atomic mass is 16.3. The molecule has 2 aliphatic rings. The Balaban J connectivity index is 1.35. The van der Waals surface area contributed by atoms with E-state index in [4.69, 9.17) is 0 Å². The highest BCUT2D eigenvalue weighted by molar-refractivity contribution is 5.46. The normalized spacial score (nSPS) is 17.8. The van der Waals surface area contributed by atoms with Gasteiger partial charge in [-0.25, -0.2) is 0 Å². The molecular weight excluding hydrogens is 444 g/mol. The number of phenolic OH excluding ortho intramolecular Hbond substituents is 2. The predicted octanol–water partition coefficient (Wildman–Crippen LogP) is 7.37. The minimum absolute atomic E-state index is 0.509. The fourth-order valence-electron chi connectivity index (χ4n) is 6.54. The summed E-state index contributed by atoms with van der Waals surface area (Å²) in [7, 11) is 4.28. The van der Waals surface area contributed by atoms with Crippen LogP contribution in [0.4, 0.5) is 0 Å². The van der Waals surface area contributed by atoms with Gasteiger partial charge in [0.15, 0.2) is 0 Å². The molecule has 2 fully saturated rings. The smallest absolute Gasteiger partial charge is 0.123 e. The summed E-state index contributed by atoms with van der Waals surface area (Å²) in [5.74, 6) is 2.06. The second-order valence-electron chi connectivity index (χ2n) is 11.9. The molecule has 0 saturated heterocycles. The van der Waals surface area contributed by atoms with Gasteiger partial charge in [-0.05, 0) is 76.6 Å². The van der Waals surface area contributed by atoms with E-state index in [0.717, 1.165) is 37.3 Å². The van der Waals surface area contributed by atoms with Crippen molar-refractivity contribution in [3.8, 4) is 11.5 Å². The van der Waals surface area contributed by atoms with Crippen molar-refractivity contribution in [3.63, 3.8) is 0 Å². The van der Waals surface area contributed by atoms with Crippen LogP contribution >= 0.6 is 0 Å². The van der Waals surface area contributed by atoms with Crippen molar-refractivity contribution in [1.29, 1.82) is 0 Å². The lowest BCUT2D eigenvalue weighted by atomic mass is 9.82. The van der Waals surface area contributed by atoms with E-state index in [9.17, 15) is 10.2 Å². The topological polar surface area (TPSA) is 46.9 Å². The molecule has 0 amide bonds. The summed E-state index contributed by atoms with van der Waals surface area (Å²) in [5, 5.41) is 22.2. The number of aryl methyl sites for hydroxylation is 2. The summed E-state index contributed by atoms with van der Waals surface area (Å²) in [5.41, 5.74) is 6.93. The van der Waals surface area contributed by atoms with Crippen molar-refractivity contribution in [2.75, 3.05) is 27.2 Å². The molecule has 2 aliphatic carbocycles. The van der Waals surface area contributed by atoms with Gasteiger partial charge in [-0.1, -0.05) is 73.9 Å². The molecule has 198 valence electrons. The van der Waals surface area contributed by atoms with Gasteiger partial charge in [0.1, 0.15) is 11.5 Å². The van der Waals surface area contributed by atoms with Crippen LogP contribution in [0.2, 0.25) is 0 Å². The maximum Gasteiger partial charge on any atom is 0.123 e. The fourth-order valence-corrected chi connectivity index (χ4v) is 6.54. The SMILES string of the molecule is Cc1cc(CN(C)CCN(C)Cc2cc(C)cc(C3CCCCC3)c2O)c(O)c(C2CCCCC2)c1. The van der Waals surface area contributed by atoms with E-state index in [1.807, 2.05) is 0 Å². The third-order valence-corrected chi connectivity index (χ3v) is 8.56. The summed E-state index contributed by atoms with van der Waals surface area (Å²) in [6.45, 7) is 7.62. The molecule has 2 aromatic carbocycles. The van der Waals surface area contributed by atoms with Crippen LogP contribution in [-0.4, -0.2) is 47.2 Å². The van der Waals surface area contributed by atoms with Gasteiger partial charge < -0.3 is 20.0 Å². The Kier molecular flexibility index (Phi) is 9.35. The van der Waals surface area contributed by atoms with Crippen molar-refractivity contribution >= 4 is 0 Å². The molecule has 0 atom stereocenters. The molecule has 0 unspecified atom stereocenters. The minimum atomic E-state index is 0.509. The van der Waals surface area contributed by atoms with Gasteiger partial charge in [-0.3, -0.25) is 0 Å². The third kappa shape index (κ3) is 6.83. The number of nitrogens with zero attached hydrogens (tertiary/aromatic N) is 2. The predicted molar refractivity (Wildman–Crippen MR) is 150 cm³/mol. The van der Waals surface area contributed by atoms with Crippen LogP contribution in [0.1, 0.15) is 109 Å². The first kappa shape index (κ1) is 27.0. The Bertz CT molecular complexity index is 924. The summed E-state index contributed by atoms with van der Waals surface area (Å²) < 4.78 is 0. The Morgan fingerprint density at radius 3 is 1.33 bits per heavy atom. The maximum atomic E-state index is 11.1. The zero-order chi connectivity index (χ0) is 25.7. The first-order valence-electron chi connectivity index (χ1n) is 14.3. The molecule has 0 aromatic heterocycles. The second-order valence-corrected chi connectivity index (χ2v) is 11.9. The van der Waals surface area contributed by atoms with Crippen molar-refractivity contribution in [3.05, 3.63) is 57.6 Å². The van der Waals surface area contributed by atoms with Gasteiger partial charge in [-0.15, -0.1) is 0 Å². The van der Waals surface area contributed by atoms with E-state index in [-0.39, 0.29) is 0 Å². The highest BCUT2D eigenvalue weighted by Gasteiger charge is 2.23. The number of aromatic hydroxyl groups is 2. The van der Waals surface area contributed by atoms with Crippen LogP contribution in [0.5, 0.6) is 11.5 Å². The molecule has 4 heteroatoms. The van der Waals surface area contributed by atoms with E-state index in [1.54, 1.807) is 0 Å². The summed E-state index contributed by atoms with van der Waals surface area (Å²) in [4.78, 5) is 4.61. The summed E-state index contributed by atoms with van der Waals surface area (Å²) in [6.07, 6.45) is 12.6. The Morgan fingerprint density at radius 1 is 0.611 bits per heavy atom. The van der Waals surface area contributed by atoms with Gasteiger partial charge >= 0.3 is 0 Å². The monoisotopic (exact) mass is 492 g/mol. The van der Waals surface area contributed by atoms with E-state index in [0.29, 0.717) is 23.3 Å². The minimum Gasteiger partial charge on any atom is -0.507 e. The standard InChI is InChI=1S/C32H48N2O2/c1-23-17-27(31(35)29(19-23)25-11-7-5-8-12-25)21-33(3)15-16-34(4)22-28-18-24(2)20-30(32(28)36)26-13-9-6-10-14-26/h17-20,25-26,35-36H,5-16,21-22H2,1-4H3. The number of hydrogen-bond donors (Lipinski definition) is 2. The van der Waals surface area contributed by atoms with Crippen LogP contribution < -0.4 is 0 Å². The average Bonchev–Trinajstić information content (AvgIpc) is 2.87. The number of benzene rings is 2. The molecule has 2 saturated carbocycles. The lowest BCUT2D eigenvalue weighted by molar-refractivity contribution is 0.243. The Hall–Kier alpha value is -2.04.